The van der Waals surface area contributed by atoms with Gasteiger partial charge >= 0.3 is 0 Å². The molecular formula is C21H27N3O. The molecule has 0 spiro atoms. The van der Waals surface area contributed by atoms with E-state index in [1.807, 2.05) is 13.1 Å². The molecule has 0 atom stereocenters. The van der Waals surface area contributed by atoms with Gasteiger partial charge in [-0.1, -0.05) is 45.6 Å². The van der Waals surface area contributed by atoms with Crippen molar-refractivity contribution in [1.29, 1.82) is 0 Å². The van der Waals surface area contributed by atoms with Crippen molar-refractivity contribution in [3.63, 3.8) is 0 Å². The van der Waals surface area contributed by atoms with Gasteiger partial charge in [-0.05, 0) is 30.0 Å². The molecule has 132 valence electrons. The van der Waals surface area contributed by atoms with Gasteiger partial charge < -0.3 is 14.5 Å². The molecule has 1 aliphatic carbocycles. The minimum Gasteiger partial charge on any atom is -0.496 e. The highest BCUT2D eigenvalue weighted by molar-refractivity contribution is 5.83. The fraction of sp³-hybridized carbons (Fsp3) is 0.381. The van der Waals surface area contributed by atoms with Crippen molar-refractivity contribution in [2.75, 3.05) is 30.5 Å². The van der Waals surface area contributed by atoms with Crippen LogP contribution in [0.2, 0.25) is 0 Å². The van der Waals surface area contributed by atoms with E-state index in [4.69, 9.17) is 9.72 Å². The van der Waals surface area contributed by atoms with E-state index >= 15 is 0 Å². The molecule has 1 aliphatic heterocycles. The molecule has 0 saturated carbocycles. The third-order valence-electron chi connectivity index (χ3n) is 4.38. The van der Waals surface area contributed by atoms with Gasteiger partial charge in [-0.2, -0.15) is 0 Å². The third-order valence-corrected chi connectivity index (χ3v) is 4.38. The van der Waals surface area contributed by atoms with E-state index < -0.39 is 0 Å². The summed E-state index contributed by atoms with van der Waals surface area (Å²) in [5.74, 6) is 2.75. The Balaban J connectivity index is 2.05. The molecule has 1 aromatic heterocycles. The molecule has 0 aromatic carbocycles. The van der Waals surface area contributed by atoms with Crippen molar-refractivity contribution < 1.29 is 4.74 Å². The molecule has 0 bridgehead atoms. The summed E-state index contributed by atoms with van der Waals surface area (Å²) in [7, 11) is 3.72. The molecule has 4 heteroatoms. The molecule has 0 unspecified atom stereocenters. The van der Waals surface area contributed by atoms with Gasteiger partial charge in [0.1, 0.15) is 11.6 Å². The number of rotatable bonds is 3. The summed E-state index contributed by atoms with van der Waals surface area (Å²) >= 11 is 0. The second-order valence-electron chi connectivity index (χ2n) is 7.68. The van der Waals surface area contributed by atoms with E-state index in [1.54, 1.807) is 7.11 Å². The lowest BCUT2D eigenvalue weighted by Crippen LogP contribution is -2.32. The Bertz CT molecular complexity index is 781. The van der Waals surface area contributed by atoms with Crippen LogP contribution in [0.25, 0.3) is 5.57 Å². The van der Waals surface area contributed by atoms with E-state index in [2.05, 4.69) is 67.5 Å². The van der Waals surface area contributed by atoms with Crippen LogP contribution in [-0.2, 0) is 4.74 Å². The van der Waals surface area contributed by atoms with Crippen LogP contribution in [0.3, 0.4) is 0 Å². The predicted molar refractivity (Wildman–Crippen MR) is 105 cm³/mol. The van der Waals surface area contributed by atoms with Gasteiger partial charge in [0.15, 0.2) is 5.82 Å². The van der Waals surface area contributed by atoms with Crippen molar-refractivity contribution in [2.45, 2.75) is 27.2 Å². The topological polar surface area (TPSA) is 28.6 Å². The van der Waals surface area contributed by atoms with E-state index in [9.17, 15) is 0 Å². The summed E-state index contributed by atoms with van der Waals surface area (Å²) in [5, 5.41) is 0. The molecule has 25 heavy (non-hydrogen) atoms. The van der Waals surface area contributed by atoms with Crippen molar-refractivity contribution in [1.82, 2.24) is 4.98 Å². The number of hydrogen-bond donors (Lipinski definition) is 0. The SMILES string of the molecule is C=C1N(C)c2nc(C3=C(OC)C=CCC=C3)ccc2N1CC(C)(C)C. The fourth-order valence-corrected chi connectivity index (χ4v) is 3.14. The smallest absolute Gasteiger partial charge is 0.158 e. The molecule has 2 heterocycles. The first-order chi connectivity index (χ1) is 11.8. The number of hydrogen-bond acceptors (Lipinski definition) is 4. The predicted octanol–water partition coefficient (Wildman–Crippen LogP) is 4.73. The van der Waals surface area contributed by atoms with Crippen LogP contribution in [0.1, 0.15) is 32.9 Å². The molecule has 0 fully saturated rings. The van der Waals surface area contributed by atoms with Gasteiger partial charge in [-0.3, -0.25) is 0 Å². The largest absolute Gasteiger partial charge is 0.496 e. The molecule has 1 aromatic rings. The Hall–Kier alpha value is -2.49. The average Bonchev–Trinajstić information content (AvgIpc) is 2.75. The monoisotopic (exact) mass is 337 g/mol. The third kappa shape index (κ3) is 3.34. The molecular weight excluding hydrogens is 310 g/mol. The van der Waals surface area contributed by atoms with Crippen LogP contribution < -0.4 is 9.80 Å². The highest BCUT2D eigenvalue weighted by Crippen LogP contribution is 2.41. The van der Waals surface area contributed by atoms with Gasteiger partial charge in [-0.15, -0.1) is 0 Å². The highest BCUT2D eigenvalue weighted by atomic mass is 16.5. The van der Waals surface area contributed by atoms with Crippen LogP contribution in [0.4, 0.5) is 11.5 Å². The van der Waals surface area contributed by atoms with Crippen molar-refractivity contribution in [3.05, 3.63) is 60.3 Å². The van der Waals surface area contributed by atoms with Gasteiger partial charge in [-0.25, -0.2) is 4.98 Å². The second kappa shape index (κ2) is 6.43. The Morgan fingerprint density at radius 3 is 2.60 bits per heavy atom. The van der Waals surface area contributed by atoms with Crippen LogP contribution in [0, 0.1) is 5.41 Å². The highest BCUT2D eigenvalue weighted by Gasteiger charge is 2.32. The minimum atomic E-state index is 0.171. The van der Waals surface area contributed by atoms with Crippen molar-refractivity contribution >= 4 is 17.1 Å². The number of allylic oxidation sites excluding steroid dienone is 5. The normalized spacial score (nSPS) is 17.2. The maximum absolute atomic E-state index is 5.55. The molecule has 0 amide bonds. The quantitative estimate of drug-likeness (QED) is 0.797. The number of anilines is 2. The zero-order valence-electron chi connectivity index (χ0n) is 15.8. The van der Waals surface area contributed by atoms with Gasteiger partial charge in [0.25, 0.3) is 0 Å². The average molecular weight is 337 g/mol. The van der Waals surface area contributed by atoms with E-state index in [0.717, 1.165) is 47.3 Å². The fourth-order valence-electron chi connectivity index (χ4n) is 3.14. The number of ether oxygens (including phenoxy) is 1. The van der Waals surface area contributed by atoms with Crippen LogP contribution in [0.5, 0.6) is 0 Å². The number of pyridine rings is 1. The van der Waals surface area contributed by atoms with E-state index in [0.29, 0.717) is 0 Å². The Labute approximate surface area is 150 Å². The first kappa shape index (κ1) is 17.3. The van der Waals surface area contributed by atoms with Gasteiger partial charge in [0.05, 0.1) is 18.5 Å². The first-order valence-electron chi connectivity index (χ1n) is 8.65. The Kier molecular flexibility index (Phi) is 4.46. The maximum Gasteiger partial charge on any atom is 0.158 e. The number of aromatic nitrogens is 1. The molecule has 4 nitrogen and oxygen atoms in total. The number of nitrogens with zero attached hydrogens (tertiary/aromatic N) is 3. The van der Waals surface area contributed by atoms with Crippen LogP contribution in [-0.4, -0.2) is 25.7 Å². The van der Waals surface area contributed by atoms with Gasteiger partial charge in [0, 0.05) is 19.2 Å². The summed E-state index contributed by atoms with van der Waals surface area (Å²) in [6.07, 6.45) is 9.22. The lowest BCUT2D eigenvalue weighted by molar-refractivity contribution is 0.309. The van der Waals surface area contributed by atoms with Crippen molar-refractivity contribution in [2.24, 2.45) is 5.41 Å². The number of methoxy groups -OCH3 is 1. The van der Waals surface area contributed by atoms with Crippen molar-refractivity contribution in [3.8, 4) is 0 Å². The lowest BCUT2D eigenvalue weighted by atomic mass is 9.96. The van der Waals surface area contributed by atoms with E-state index in [1.165, 1.54) is 0 Å². The summed E-state index contributed by atoms with van der Waals surface area (Å²) in [6.45, 7) is 11.9. The molecule has 0 saturated heterocycles. The Morgan fingerprint density at radius 2 is 1.92 bits per heavy atom. The summed E-state index contributed by atoms with van der Waals surface area (Å²) < 4.78 is 5.55. The lowest BCUT2D eigenvalue weighted by Gasteiger charge is -2.29. The molecule has 0 N–H and O–H groups in total. The summed E-state index contributed by atoms with van der Waals surface area (Å²) in [4.78, 5) is 9.24. The van der Waals surface area contributed by atoms with Crippen LogP contribution in [0.15, 0.2) is 54.6 Å². The molecule has 3 rings (SSSR count). The van der Waals surface area contributed by atoms with Crippen LogP contribution >= 0.6 is 0 Å². The summed E-state index contributed by atoms with van der Waals surface area (Å²) in [6, 6.07) is 4.21. The first-order valence-corrected chi connectivity index (χ1v) is 8.65. The zero-order chi connectivity index (χ0) is 18.2. The number of fused-ring (bicyclic) bond motifs is 1. The maximum atomic E-state index is 5.55. The summed E-state index contributed by atoms with van der Waals surface area (Å²) in [5.41, 5.74) is 3.20. The standard InChI is InChI=1S/C21H27N3O/c1-15-23(5)20-18(24(15)14-21(2,3)4)13-12-17(22-20)16-10-8-7-9-11-19(16)25-6/h8-13H,1,7,14H2,2-6H3. The molecule has 2 aliphatic rings. The van der Waals surface area contributed by atoms with E-state index in [-0.39, 0.29) is 5.41 Å². The minimum absolute atomic E-state index is 0.171. The zero-order valence-corrected chi connectivity index (χ0v) is 15.8. The van der Waals surface area contributed by atoms with Gasteiger partial charge in [0.2, 0.25) is 0 Å². The molecule has 0 radical (unpaired) electrons. The Morgan fingerprint density at radius 1 is 1.20 bits per heavy atom. The second-order valence-corrected chi connectivity index (χ2v) is 7.68.